The Morgan fingerprint density at radius 2 is 1.75 bits per heavy atom. The number of aromatic nitrogens is 2. The first-order valence-electron chi connectivity index (χ1n) is 6.46. The minimum atomic E-state index is 0.395. The average molecular weight is 265 g/mol. The summed E-state index contributed by atoms with van der Waals surface area (Å²) in [7, 11) is 0. The minimum Gasteiger partial charge on any atom is -0.315 e. The molecule has 0 saturated heterocycles. The van der Waals surface area contributed by atoms with Gasteiger partial charge in [-0.3, -0.25) is 0 Å². The van der Waals surface area contributed by atoms with Crippen molar-refractivity contribution in [1.82, 2.24) is 10.1 Å². The third-order valence-corrected chi connectivity index (χ3v) is 3.22. The second kappa shape index (κ2) is 5.17. The van der Waals surface area contributed by atoms with E-state index in [2.05, 4.69) is 41.4 Å². The van der Waals surface area contributed by atoms with Gasteiger partial charge >= 0.3 is 6.01 Å². The van der Waals surface area contributed by atoms with Gasteiger partial charge in [0.25, 0.3) is 0 Å². The van der Waals surface area contributed by atoms with Crippen molar-refractivity contribution in [2.75, 3.05) is 5.32 Å². The van der Waals surface area contributed by atoms with Gasteiger partial charge in [0.2, 0.25) is 5.82 Å². The van der Waals surface area contributed by atoms with Gasteiger partial charge in [0.1, 0.15) is 0 Å². The Morgan fingerprint density at radius 3 is 2.50 bits per heavy atom. The summed E-state index contributed by atoms with van der Waals surface area (Å²) in [5.74, 6) is 0.580. The number of nitrogens with zero attached hydrogens (tertiary/aromatic N) is 2. The lowest BCUT2D eigenvalue weighted by Crippen LogP contribution is -1.92. The van der Waals surface area contributed by atoms with E-state index < -0.39 is 0 Å². The molecule has 1 N–H and O–H groups in total. The standard InChI is InChI=1S/C16H15N3O/c1-11-8-9-14(10-12(11)2)17-16-18-15(19-20-16)13-6-4-3-5-7-13/h3-10H,1-2H3,(H,17,18,19). The van der Waals surface area contributed by atoms with E-state index in [-0.39, 0.29) is 0 Å². The predicted octanol–water partition coefficient (Wildman–Crippen LogP) is 4.10. The van der Waals surface area contributed by atoms with Gasteiger partial charge in [0, 0.05) is 11.3 Å². The first kappa shape index (κ1) is 12.4. The van der Waals surface area contributed by atoms with Crippen LogP contribution in [0.4, 0.5) is 11.7 Å². The van der Waals surface area contributed by atoms with E-state index in [1.165, 1.54) is 11.1 Å². The fourth-order valence-corrected chi connectivity index (χ4v) is 1.92. The van der Waals surface area contributed by atoms with E-state index in [0.29, 0.717) is 11.8 Å². The smallest absolute Gasteiger partial charge is 0.315 e. The molecule has 0 bridgehead atoms. The van der Waals surface area contributed by atoms with Gasteiger partial charge < -0.3 is 9.84 Å². The van der Waals surface area contributed by atoms with Gasteiger partial charge in [-0.05, 0) is 37.1 Å². The van der Waals surface area contributed by atoms with Crippen molar-refractivity contribution < 1.29 is 4.52 Å². The van der Waals surface area contributed by atoms with E-state index in [1.54, 1.807) is 0 Å². The van der Waals surface area contributed by atoms with Gasteiger partial charge in [0.05, 0.1) is 0 Å². The summed E-state index contributed by atoms with van der Waals surface area (Å²) in [6.07, 6.45) is 0. The minimum absolute atomic E-state index is 0.395. The van der Waals surface area contributed by atoms with Crippen molar-refractivity contribution in [1.29, 1.82) is 0 Å². The Hall–Kier alpha value is -2.62. The molecule has 20 heavy (non-hydrogen) atoms. The monoisotopic (exact) mass is 265 g/mol. The van der Waals surface area contributed by atoms with E-state index >= 15 is 0 Å². The zero-order valence-electron chi connectivity index (χ0n) is 11.4. The summed E-state index contributed by atoms with van der Waals surface area (Å²) in [5, 5.41) is 7.10. The summed E-state index contributed by atoms with van der Waals surface area (Å²) < 4.78 is 5.22. The zero-order valence-corrected chi connectivity index (χ0v) is 11.4. The summed E-state index contributed by atoms with van der Waals surface area (Å²) in [6.45, 7) is 4.16. The molecule has 4 heteroatoms. The summed E-state index contributed by atoms with van der Waals surface area (Å²) >= 11 is 0. The maximum Gasteiger partial charge on any atom is 0.326 e. The number of hydrogen-bond donors (Lipinski definition) is 1. The first-order valence-corrected chi connectivity index (χ1v) is 6.46. The van der Waals surface area contributed by atoms with E-state index in [1.807, 2.05) is 36.4 Å². The lowest BCUT2D eigenvalue weighted by atomic mass is 10.1. The Labute approximate surface area is 117 Å². The molecule has 3 rings (SSSR count). The second-order valence-electron chi connectivity index (χ2n) is 4.71. The Morgan fingerprint density at radius 1 is 0.950 bits per heavy atom. The highest BCUT2D eigenvalue weighted by Crippen LogP contribution is 2.21. The van der Waals surface area contributed by atoms with Crippen LogP contribution >= 0.6 is 0 Å². The molecule has 4 nitrogen and oxygen atoms in total. The predicted molar refractivity (Wildman–Crippen MR) is 78.9 cm³/mol. The van der Waals surface area contributed by atoms with Gasteiger partial charge in [-0.1, -0.05) is 41.6 Å². The second-order valence-corrected chi connectivity index (χ2v) is 4.71. The highest BCUT2D eigenvalue weighted by Gasteiger charge is 2.08. The molecule has 0 fully saturated rings. The van der Waals surface area contributed by atoms with Crippen molar-refractivity contribution in [2.24, 2.45) is 0 Å². The number of anilines is 2. The van der Waals surface area contributed by atoms with Crippen LogP contribution in [0.2, 0.25) is 0 Å². The molecule has 0 atom stereocenters. The van der Waals surface area contributed by atoms with E-state index in [4.69, 9.17) is 4.52 Å². The van der Waals surface area contributed by atoms with Gasteiger partial charge in [-0.25, -0.2) is 0 Å². The fourth-order valence-electron chi connectivity index (χ4n) is 1.92. The number of nitrogens with one attached hydrogen (secondary N) is 1. The number of benzene rings is 2. The third-order valence-electron chi connectivity index (χ3n) is 3.22. The van der Waals surface area contributed by atoms with Crippen LogP contribution in [-0.2, 0) is 0 Å². The molecule has 1 heterocycles. The van der Waals surface area contributed by atoms with Crippen molar-refractivity contribution in [3.8, 4) is 11.4 Å². The van der Waals surface area contributed by atoms with E-state index in [9.17, 15) is 0 Å². The normalized spacial score (nSPS) is 10.5. The average Bonchev–Trinajstić information content (AvgIpc) is 2.92. The van der Waals surface area contributed by atoms with Crippen LogP contribution in [0.3, 0.4) is 0 Å². The van der Waals surface area contributed by atoms with Crippen LogP contribution in [0.5, 0.6) is 0 Å². The van der Waals surface area contributed by atoms with E-state index in [0.717, 1.165) is 11.3 Å². The Kier molecular flexibility index (Phi) is 3.21. The highest BCUT2D eigenvalue weighted by molar-refractivity contribution is 5.58. The van der Waals surface area contributed by atoms with Crippen LogP contribution in [0.1, 0.15) is 11.1 Å². The molecule has 0 unspecified atom stereocenters. The van der Waals surface area contributed by atoms with Crippen molar-refractivity contribution in [2.45, 2.75) is 13.8 Å². The number of hydrogen-bond acceptors (Lipinski definition) is 4. The molecule has 0 aliphatic heterocycles. The quantitative estimate of drug-likeness (QED) is 0.774. The zero-order chi connectivity index (χ0) is 13.9. The lowest BCUT2D eigenvalue weighted by molar-refractivity contribution is 0.435. The maximum atomic E-state index is 5.22. The van der Waals surface area contributed by atoms with Crippen molar-refractivity contribution in [3.05, 3.63) is 59.7 Å². The molecule has 1 aromatic heterocycles. The van der Waals surface area contributed by atoms with Crippen LogP contribution in [-0.4, -0.2) is 10.1 Å². The molecule has 2 aromatic carbocycles. The summed E-state index contributed by atoms with van der Waals surface area (Å²) in [5.41, 5.74) is 4.35. The topological polar surface area (TPSA) is 51.0 Å². The molecule has 0 aliphatic carbocycles. The van der Waals surface area contributed by atoms with Crippen LogP contribution in [0.25, 0.3) is 11.4 Å². The maximum absolute atomic E-state index is 5.22. The number of rotatable bonds is 3. The van der Waals surface area contributed by atoms with Crippen LogP contribution < -0.4 is 5.32 Å². The first-order chi connectivity index (χ1) is 9.72. The van der Waals surface area contributed by atoms with Gasteiger partial charge in [-0.2, -0.15) is 4.98 Å². The molecule has 0 spiro atoms. The summed E-state index contributed by atoms with van der Waals surface area (Å²) in [6, 6.07) is 16.3. The third kappa shape index (κ3) is 2.54. The van der Waals surface area contributed by atoms with Gasteiger partial charge in [0.15, 0.2) is 0 Å². The fraction of sp³-hybridized carbons (Fsp3) is 0.125. The van der Waals surface area contributed by atoms with Crippen LogP contribution in [0, 0.1) is 13.8 Å². The lowest BCUT2D eigenvalue weighted by Gasteiger charge is -2.04. The summed E-state index contributed by atoms with van der Waals surface area (Å²) in [4.78, 5) is 4.34. The Balaban J connectivity index is 1.82. The number of aryl methyl sites for hydroxylation is 2. The SMILES string of the molecule is Cc1ccc(Nc2nc(-c3ccccc3)no2)cc1C. The highest BCUT2D eigenvalue weighted by atomic mass is 16.5. The van der Waals surface area contributed by atoms with Crippen LogP contribution in [0.15, 0.2) is 53.1 Å². The molecular weight excluding hydrogens is 250 g/mol. The van der Waals surface area contributed by atoms with Crippen molar-refractivity contribution in [3.63, 3.8) is 0 Å². The molecule has 0 saturated carbocycles. The van der Waals surface area contributed by atoms with Crippen molar-refractivity contribution >= 4 is 11.7 Å². The molecule has 100 valence electrons. The van der Waals surface area contributed by atoms with Gasteiger partial charge in [-0.15, -0.1) is 0 Å². The Bertz CT molecular complexity index is 720. The molecule has 0 amide bonds. The molecular formula is C16H15N3O. The molecule has 0 radical (unpaired) electrons. The molecule has 0 aliphatic rings. The largest absolute Gasteiger partial charge is 0.326 e. The molecule has 3 aromatic rings.